The number of Topliss-reactive ketones (excluding diaryl/α,β-unsaturated/α-hetero) is 1. The van der Waals surface area contributed by atoms with Gasteiger partial charge in [-0.05, 0) is 19.1 Å². The van der Waals surface area contributed by atoms with Crippen LogP contribution in [-0.4, -0.2) is 50.0 Å². The van der Waals surface area contributed by atoms with Gasteiger partial charge in [-0.2, -0.15) is 4.52 Å². The number of carboxylic acid groups (broad SMARTS) is 1. The highest BCUT2D eigenvalue weighted by Crippen LogP contribution is 3.02. The van der Waals surface area contributed by atoms with Crippen LogP contribution in [0.25, 0.3) is 5.65 Å². The molecule has 0 atom stereocenters. The van der Waals surface area contributed by atoms with Gasteiger partial charge in [-0.3, -0.25) is 10.2 Å². The summed E-state index contributed by atoms with van der Waals surface area (Å²) in [7, 11) is -9.17. The van der Waals surface area contributed by atoms with Gasteiger partial charge >= 0.3 is 16.2 Å². The van der Waals surface area contributed by atoms with Crippen molar-refractivity contribution in [1.29, 1.82) is 5.41 Å². The first-order valence-electron chi connectivity index (χ1n) is 8.92. The number of carbonyl (C=O) groups excluding carboxylic acids is 1. The fourth-order valence-electron chi connectivity index (χ4n) is 2.76. The Morgan fingerprint density at radius 1 is 1.12 bits per heavy atom. The topological polar surface area (TPSA) is 132 Å². The Labute approximate surface area is 181 Å². The van der Waals surface area contributed by atoms with Crippen LogP contribution in [-0.2, 0) is 6.54 Å². The van der Waals surface area contributed by atoms with Gasteiger partial charge in [-0.1, -0.05) is 19.4 Å². The van der Waals surface area contributed by atoms with E-state index in [9.17, 15) is 34.1 Å². The predicted octanol–water partition coefficient (Wildman–Crippen LogP) is 3.66. The molecule has 1 aromatic carbocycles. The van der Waals surface area contributed by atoms with Crippen molar-refractivity contribution < 1.29 is 43.6 Å². The average molecular weight is 497 g/mol. The summed E-state index contributed by atoms with van der Waals surface area (Å²) < 4.78 is 77.6. The van der Waals surface area contributed by atoms with Crippen LogP contribution in [0, 0.1) is 5.41 Å². The molecule has 2 heterocycles. The summed E-state index contributed by atoms with van der Waals surface area (Å²) in [5.74, 6) is -3.44. The third-order valence-corrected chi connectivity index (χ3v) is 5.39. The Kier molecular flexibility index (Phi) is 5.20. The lowest BCUT2D eigenvalue weighted by Crippen LogP contribution is -2.26. The summed E-state index contributed by atoms with van der Waals surface area (Å²) in [6.45, 7) is 0.797. The Hall–Kier alpha value is -3.69. The molecule has 3 aromatic rings. The lowest BCUT2D eigenvalue weighted by atomic mass is 10.1. The molecule has 0 fully saturated rings. The summed E-state index contributed by atoms with van der Waals surface area (Å²) in [6, 6.07) is 1.94. The third-order valence-electron chi connectivity index (χ3n) is 4.27. The number of hydrogen-bond acceptors (Lipinski definition) is 7. The Morgan fingerprint density at radius 3 is 2.33 bits per heavy atom. The molecule has 0 spiro atoms. The van der Waals surface area contributed by atoms with E-state index in [0.717, 1.165) is 23.8 Å². The van der Waals surface area contributed by atoms with Crippen molar-refractivity contribution in [3.63, 3.8) is 0 Å². The van der Waals surface area contributed by atoms with Crippen molar-refractivity contribution in [1.82, 2.24) is 19.4 Å². The molecule has 0 radical (unpaired) electrons. The zero-order chi connectivity index (χ0) is 24.8. The lowest BCUT2D eigenvalue weighted by molar-refractivity contribution is 0.0690. The van der Waals surface area contributed by atoms with E-state index in [4.69, 9.17) is 10.1 Å². The van der Waals surface area contributed by atoms with Gasteiger partial charge in [-0.25, -0.2) is 9.48 Å². The molecular weight excluding hydrogens is 481 g/mol. The van der Waals surface area contributed by atoms with Crippen LogP contribution in [0.3, 0.4) is 0 Å². The zero-order valence-electron chi connectivity index (χ0n) is 16.9. The number of ketones is 1. The normalized spacial score (nSPS) is 13.9. The van der Waals surface area contributed by atoms with Gasteiger partial charge in [0.15, 0.2) is 11.4 Å². The van der Waals surface area contributed by atoms with Gasteiger partial charge in [0.2, 0.25) is 11.5 Å². The molecule has 2 N–H and O–H groups in total. The minimum atomic E-state index is -10.1. The number of halogens is 5. The number of benzene rings is 1. The number of hydrogen-bond donors (Lipinski definition) is 2. The summed E-state index contributed by atoms with van der Waals surface area (Å²) in [4.78, 5) is 21.7. The molecule has 16 heteroatoms. The predicted molar refractivity (Wildman–Crippen MR) is 104 cm³/mol. The number of nitrogens with one attached hydrogen (secondary N) is 1. The molecule has 0 saturated carbocycles. The van der Waals surface area contributed by atoms with E-state index in [1.54, 1.807) is 6.92 Å². The van der Waals surface area contributed by atoms with E-state index in [1.807, 2.05) is 0 Å². The Bertz CT molecular complexity index is 1350. The first-order valence-corrected chi connectivity index (χ1v) is 10.9. The number of aromatic nitrogens is 4. The van der Waals surface area contributed by atoms with E-state index in [0.29, 0.717) is 4.68 Å². The number of nitrogens with zero attached hydrogens (tertiary/aromatic N) is 4. The quantitative estimate of drug-likeness (QED) is 0.359. The van der Waals surface area contributed by atoms with Gasteiger partial charge in [0.25, 0.3) is 0 Å². The molecule has 0 aliphatic carbocycles. The van der Waals surface area contributed by atoms with Crippen LogP contribution in [0.5, 0.6) is 11.6 Å². The highest BCUT2D eigenvalue weighted by atomic mass is 32.5. The first-order chi connectivity index (χ1) is 15.0. The maximum absolute atomic E-state index is 13.3. The first kappa shape index (κ1) is 24.0. The van der Waals surface area contributed by atoms with Crippen molar-refractivity contribution in [2.75, 3.05) is 13.7 Å². The molecule has 180 valence electrons. The fourth-order valence-corrected chi connectivity index (χ4v) is 3.45. The van der Waals surface area contributed by atoms with Crippen LogP contribution in [0.1, 0.15) is 27.6 Å². The van der Waals surface area contributed by atoms with Crippen LogP contribution >= 0.6 is 10.2 Å². The lowest BCUT2D eigenvalue weighted by Gasteiger charge is -2.40. The van der Waals surface area contributed by atoms with Gasteiger partial charge in [0.05, 0.1) is 13.7 Å². The molecule has 0 unspecified atom stereocenters. The van der Waals surface area contributed by atoms with Crippen LogP contribution in [0.15, 0.2) is 29.2 Å². The molecule has 3 rings (SSSR count). The molecule has 0 bridgehead atoms. The highest BCUT2D eigenvalue weighted by molar-refractivity contribution is 8.45. The molecule has 0 amide bonds. The van der Waals surface area contributed by atoms with Gasteiger partial charge in [-0.15, -0.1) is 10.2 Å². The third kappa shape index (κ3) is 4.89. The highest BCUT2D eigenvalue weighted by Gasteiger charge is 2.65. The maximum atomic E-state index is 13.3. The second-order valence-electron chi connectivity index (χ2n) is 6.64. The second-order valence-corrected chi connectivity index (χ2v) is 9.05. The van der Waals surface area contributed by atoms with Crippen molar-refractivity contribution in [3.8, 4) is 11.6 Å². The second kappa shape index (κ2) is 7.16. The standard InChI is InChI=1S/C17H16F5N5O5S/c1-3-32-15-12(16(29)30)7-14-24-26(17(23)27(14)25-15)8-13(28)9-4-10(31-2)6-11(5-9)33(18,19,20,21)22/h4-7,23H,3,8H2,1-2H3,(H,29,30). The number of carboxylic acids is 1. The molecule has 0 aliphatic rings. The van der Waals surface area contributed by atoms with E-state index >= 15 is 0 Å². The molecule has 2 aromatic heterocycles. The summed E-state index contributed by atoms with van der Waals surface area (Å²) in [5, 5.41) is 25.1. The van der Waals surface area contributed by atoms with E-state index in [-0.39, 0.29) is 35.8 Å². The summed E-state index contributed by atoms with van der Waals surface area (Å²) in [5.41, 5.74) is -1.85. The number of ether oxygens (including phenoxy) is 2. The SMILES string of the molecule is CCOc1nn2c(=N)n(CC(=O)c3cc(OC)cc(S(F)(F)(F)(F)F)c3)nc2cc1C(=O)O. The fraction of sp³-hybridized carbons (Fsp3) is 0.235. The molecule has 0 saturated heterocycles. The minimum Gasteiger partial charge on any atom is -0.497 e. The van der Waals surface area contributed by atoms with Crippen molar-refractivity contribution in [3.05, 3.63) is 41.0 Å². The van der Waals surface area contributed by atoms with Crippen LogP contribution in [0.2, 0.25) is 0 Å². The Morgan fingerprint density at radius 2 is 1.79 bits per heavy atom. The Balaban J connectivity index is 2.06. The maximum Gasteiger partial charge on any atom is 0.341 e. The number of rotatable bonds is 8. The molecule has 10 nitrogen and oxygen atoms in total. The van der Waals surface area contributed by atoms with Crippen molar-refractivity contribution in [2.45, 2.75) is 18.4 Å². The van der Waals surface area contributed by atoms with Crippen molar-refractivity contribution >= 4 is 27.6 Å². The number of aromatic carboxylic acids is 1. The van der Waals surface area contributed by atoms with Crippen LogP contribution in [0.4, 0.5) is 19.4 Å². The van der Waals surface area contributed by atoms with Gasteiger partial charge in [0, 0.05) is 17.7 Å². The van der Waals surface area contributed by atoms with E-state index < -0.39 is 50.3 Å². The number of carbonyl (C=O) groups is 2. The molecular formula is C17H16F5N5O5S. The molecule has 33 heavy (non-hydrogen) atoms. The van der Waals surface area contributed by atoms with Gasteiger partial charge in [0.1, 0.15) is 22.8 Å². The van der Waals surface area contributed by atoms with Crippen LogP contribution < -0.4 is 15.1 Å². The number of methoxy groups -OCH3 is 1. The van der Waals surface area contributed by atoms with E-state index in [1.165, 1.54) is 0 Å². The number of fused-ring (bicyclic) bond motifs is 1. The van der Waals surface area contributed by atoms with E-state index in [2.05, 4.69) is 14.9 Å². The smallest absolute Gasteiger partial charge is 0.341 e. The average Bonchev–Trinajstić information content (AvgIpc) is 3.00. The summed E-state index contributed by atoms with van der Waals surface area (Å²) >= 11 is 0. The van der Waals surface area contributed by atoms with Gasteiger partial charge < -0.3 is 14.6 Å². The summed E-state index contributed by atoms with van der Waals surface area (Å²) in [6.07, 6.45) is 0. The molecule has 0 aliphatic heterocycles. The van der Waals surface area contributed by atoms with Crippen molar-refractivity contribution in [2.24, 2.45) is 0 Å². The monoisotopic (exact) mass is 497 g/mol. The minimum absolute atomic E-state index is 0.000359. The largest absolute Gasteiger partial charge is 0.497 e. The zero-order valence-corrected chi connectivity index (χ0v) is 17.7.